The maximum atomic E-state index is 13.6. The van der Waals surface area contributed by atoms with E-state index in [0.717, 1.165) is 35.1 Å². The van der Waals surface area contributed by atoms with Gasteiger partial charge >= 0.3 is 5.69 Å². The predicted octanol–water partition coefficient (Wildman–Crippen LogP) is 3.89. The van der Waals surface area contributed by atoms with E-state index in [1.165, 1.54) is 9.13 Å². The number of aromatic nitrogens is 4. The minimum atomic E-state index is -0.429. The Morgan fingerprint density at radius 3 is 2.46 bits per heavy atom. The van der Waals surface area contributed by atoms with Crippen LogP contribution in [0.1, 0.15) is 19.3 Å². The number of nitrogens with zero attached hydrogens (tertiary/aromatic N) is 4. The van der Waals surface area contributed by atoms with E-state index in [0.29, 0.717) is 30.0 Å². The zero-order chi connectivity index (χ0) is 24.4. The number of fused-ring (bicyclic) bond motifs is 1. The van der Waals surface area contributed by atoms with Crippen molar-refractivity contribution in [3.8, 4) is 22.5 Å². The quantitative estimate of drug-likeness (QED) is 0.446. The maximum absolute atomic E-state index is 13.6. The molecule has 7 nitrogen and oxygen atoms in total. The molecule has 2 aromatic carbocycles. The first-order valence-corrected chi connectivity index (χ1v) is 11.9. The van der Waals surface area contributed by atoms with Crippen LogP contribution in [0.3, 0.4) is 0 Å². The summed E-state index contributed by atoms with van der Waals surface area (Å²) in [6, 6.07) is 18.2. The number of allylic oxidation sites excluding steroid dienone is 4. The highest BCUT2D eigenvalue weighted by Gasteiger charge is 2.22. The number of aliphatic hydroxyl groups is 1. The maximum Gasteiger partial charge on any atom is 0.332 e. The van der Waals surface area contributed by atoms with Crippen LogP contribution in [-0.4, -0.2) is 30.4 Å². The second-order valence-corrected chi connectivity index (χ2v) is 8.77. The van der Waals surface area contributed by atoms with Crippen molar-refractivity contribution in [1.29, 1.82) is 0 Å². The summed E-state index contributed by atoms with van der Waals surface area (Å²) in [6.07, 6.45) is 8.70. The van der Waals surface area contributed by atoms with E-state index in [4.69, 9.17) is 4.98 Å². The molecule has 2 heterocycles. The minimum Gasteiger partial charge on any atom is -0.396 e. The van der Waals surface area contributed by atoms with Crippen molar-refractivity contribution < 1.29 is 5.11 Å². The van der Waals surface area contributed by atoms with Crippen molar-refractivity contribution in [1.82, 2.24) is 18.7 Å². The van der Waals surface area contributed by atoms with Crippen LogP contribution in [0, 0.1) is 0 Å². The minimum absolute atomic E-state index is 0.0951. The van der Waals surface area contributed by atoms with Crippen molar-refractivity contribution >= 4 is 11.2 Å². The van der Waals surface area contributed by atoms with E-state index in [1.807, 2.05) is 34.9 Å². The van der Waals surface area contributed by atoms with E-state index in [1.54, 1.807) is 7.05 Å². The van der Waals surface area contributed by atoms with Crippen molar-refractivity contribution in [2.45, 2.75) is 32.4 Å². The van der Waals surface area contributed by atoms with E-state index in [9.17, 15) is 14.7 Å². The van der Waals surface area contributed by atoms with Crippen LogP contribution in [0.2, 0.25) is 0 Å². The Kier molecular flexibility index (Phi) is 6.33. The summed E-state index contributed by atoms with van der Waals surface area (Å²) < 4.78 is 4.56. The molecule has 0 radical (unpaired) electrons. The molecular formula is C28H28N4O3. The molecule has 2 aromatic heterocycles. The van der Waals surface area contributed by atoms with Crippen molar-refractivity contribution in [3.05, 3.63) is 99.2 Å². The number of hydrogen-bond acceptors (Lipinski definition) is 4. The Labute approximate surface area is 202 Å². The zero-order valence-corrected chi connectivity index (χ0v) is 19.7. The van der Waals surface area contributed by atoms with Crippen LogP contribution in [-0.2, 0) is 20.1 Å². The Morgan fingerprint density at radius 2 is 1.71 bits per heavy atom. The molecular weight excluding hydrogens is 440 g/mol. The first-order valence-electron chi connectivity index (χ1n) is 11.9. The third-order valence-electron chi connectivity index (χ3n) is 6.41. The lowest BCUT2D eigenvalue weighted by molar-refractivity contribution is 0.277. The summed E-state index contributed by atoms with van der Waals surface area (Å²) in [4.78, 5) is 31.4. The van der Waals surface area contributed by atoms with Crippen LogP contribution in [0.4, 0.5) is 0 Å². The molecule has 0 bridgehead atoms. The fraction of sp³-hybridized carbons (Fsp3) is 0.250. The molecule has 0 saturated heterocycles. The highest BCUT2D eigenvalue weighted by atomic mass is 16.3. The predicted molar refractivity (Wildman–Crippen MR) is 138 cm³/mol. The average molecular weight is 469 g/mol. The molecule has 0 saturated carbocycles. The second kappa shape index (κ2) is 9.72. The van der Waals surface area contributed by atoms with E-state index in [2.05, 4.69) is 42.5 Å². The molecule has 4 aromatic rings. The normalized spacial score (nSPS) is 13.4. The third kappa shape index (κ3) is 4.31. The van der Waals surface area contributed by atoms with Gasteiger partial charge in [0.2, 0.25) is 0 Å². The SMILES string of the molecule is Cn1c(=O)n(CCCO)c(=O)c2c1nc(-c1cccc(-c3ccccc3)c1)n2CC1=CCCC=C1. The molecule has 1 aliphatic carbocycles. The van der Waals surface area contributed by atoms with Crippen LogP contribution in [0.25, 0.3) is 33.7 Å². The summed E-state index contributed by atoms with van der Waals surface area (Å²) in [5.41, 5.74) is 4.06. The number of aliphatic hydroxyl groups excluding tert-OH is 1. The Balaban J connectivity index is 1.75. The topological polar surface area (TPSA) is 82.0 Å². The summed E-state index contributed by atoms with van der Waals surface area (Å²) >= 11 is 0. The number of hydrogen-bond donors (Lipinski definition) is 1. The monoisotopic (exact) mass is 468 g/mol. The number of rotatable bonds is 7. The highest BCUT2D eigenvalue weighted by Crippen LogP contribution is 2.29. The van der Waals surface area contributed by atoms with Gasteiger partial charge in [-0.25, -0.2) is 9.78 Å². The first-order chi connectivity index (χ1) is 17.1. The third-order valence-corrected chi connectivity index (χ3v) is 6.41. The molecule has 0 aliphatic heterocycles. The van der Waals surface area contributed by atoms with Crippen molar-refractivity contribution in [2.75, 3.05) is 6.61 Å². The lowest BCUT2D eigenvalue weighted by Crippen LogP contribution is -2.40. The highest BCUT2D eigenvalue weighted by molar-refractivity contribution is 5.79. The molecule has 0 fully saturated rings. The van der Waals surface area contributed by atoms with Gasteiger partial charge in [0, 0.05) is 32.3 Å². The fourth-order valence-corrected chi connectivity index (χ4v) is 4.61. The van der Waals surface area contributed by atoms with Gasteiger partial charge in [0.15, 0.2) is 11.2 Å². The molecule has 0 unspecified atom stereocenters. The van der Waals surface area contributed by atoms with Gasteiger partial charge in [0.1, 0.15) is 5.82 Å². The number of benzene rings is 2. The van der Waals surface area contributed by atoms with Crippen LogP contribution >= 0.6 is 0 Å². The second-order valence-electron chi connectivity index (χ2n) is 8.77. The number of aryl methyl sites for hydroxylation is 1. The van der Waals surface area contributed by atoms with E-state index in [-0.39, 0.29) is 18.7 Å². The number of imidazole rings is 1. The standard InChI is InChI=1S/C28H28N4O3/c1-30-26-24(27(34)31(28(30)35)16-9-17-33)32(19-20-10-4-2-5-11-20)25(29-26)23-15-8-14-22(18-23)21-12-6-3-7-13-21/h3-4,6-8,10-15,18,33H,2,5,9,16-17,19H2,1H3. The Bertz CT molecular complexity index is 1560. The molecule has 178 valence electrons. The molecule has 1 N–H and O–H groups in total. The summed E-state index contributed by atoms with van der Waals surface area (Å²) in [5.74, 6) is 0.643. The fourth-order valence-electron chi connectivity index (χ4n) is 4.61. The Morgan fingerprint density at radius 1 is 0.943 bits per heavy atom. The van der Waals surface area contributed by atoms with Gasteiger partial charge < -0.3 is 9.67 Å². The van der Waals surface area contributed by atoms with Gasteiger partial charge in [-0.15, -0.1) is 0 Å². The summed E-state index contributed by atoms with van der Waals surface area (Å²) in [7, 11) is 1.64. The molecule has 0 spiro atoms. The first kappa shape index (κ1) is 22.8. The molecule has 1 aliphatic rings. The van der Waals surface area contributed by atoms with Gasteiger partial charge in [-0.05, 0) is 42.0 Å². The van der Waals surface area contributed by atoms with Crippen LogP contribution in [0.5, 0.6) is 0 Å². The lowest BCUT2D eigenvalue weighted by Gasteiger charge is -2.14. The van der Waals surface area contributed by atoms with Gasteiger partial charge in [0.05, 0.1) is 0 Å². The van der Waals surface area contributed by atoms with Crippen LogP contribution < -0.4 is 11.2 Å². The molecule has 5 rings (SSSR count). The van der Waals surface area contributed by atoms with Crippen molar-refractivity contribution in [2.24, 2.45) is 7.05 Å². The summed E-state index contributed by atoms with van der Waals surface area (Å²) in [5, 5.41) is 9.28. The molecule has 0 atom stereocenters. The average Bonchev–Trinajstić information content (AvgIpc) is 3.28. The largest absolute Gasteiger partial charge is 0.396 e. The zero-order valence-electron chi connectivity index (χ0n) is 19.7. The van der Waals surface area contributed by atoms with E-state index < -0.39 is 5.69 Å². The van der Waals surface area contributed by atoms with Gasteiger partial charge in [-0.1, -0.05) is 66.8 Å². The molecule has 35 heavy (non-hydrogen) atoms. The van der Waals surface area contributed by atoms with Gasteiger partial charge in [-0.3, -0.25) is 13.9 Å². The van der Waals surface area contributed by atoms with Gasteiger partial charge in [-0.2, -0.15) is 0 Å². The van der Waals surface area contributed by atoms with Crippen LogP contribution in [0.15, 0.2) is 88.0 Å². The van der Waals surface area contributed by atoms with Crippen molar-refractivity contribution in [3.63, 3.8) is 0 Å². The lowest BCUT2D eigenvalue weighted by atomic mass is 10.0. The van der Waals surface area contributed by atoms with Gasteiger partial charge in [0.25, 0.3) is 5.56 Å². The van der Waals surface area contributed by atoms with E-state index >= 15 is 0 Å². The Hall–Kier alpha value is -3.97. The summed E-state index contributed by atoms with van der Waals surface area (Å²) in [6.45, 7) is 0.540. The molecule has 7 heteroatoms. The molecule has 0 amide bonds. The smallest absolute Gasteiger partial charge is 0.332 e.